The minimum atomic E-state index is -0.534. The van der Waals surface area contributed by atoms with Crippen LogP contribution in [0.25, 0.3) is 5.69 Å². The predicted molar refractivity (Wildman–Crippen MR) is 70.5 cm³/mol. The Hall–Kier alpha value is -2.50. The van der Waals surface area contributed by atoms with E-state index in [4.69, 9.17) is 15.2 Å². The first-order valence-electron chi connectivity index (χ1n) is 5.82. The van der Waals surface area contributed by atoms with E-state index in [0.29, 0.717) is 11.4 Å². The maximum absolute atomic E-state index is 11.7. The zero-order valence-corrected chi connectivity index (χ0v) is 10.8. The number of esters is 1. The van der Waals surface area contributed by atoms with E-state index in [9.17, 15) is 4.79 Å². The van der Waals surface area contributed by atoms with E-state index in [1.807, 2.05) is 18.2 Å². The van der Waals surface area contributed by atoms with Gasteiger partial charge in [-0.1, -0.05) is 12.1 Å². The van der Waals surface area contributed by atoms with Gasteiger partial charge in [0.05, 0.1) is 19.4 Å². The first kappa shape index (κ1) is 12.9. The summed E-state index contributed by atoms with van der Waals surface area (Å²) in [7, 11) is 1.57. The number of benzene rings is 1. The molecule has 0 spiro atoms. The van der Waals surface area contributed by atoms with Gasteiger partial charge in [-0.15, -0.1) is 0 Å². The summed E-state index contributed by atoms with van der Waals surface area (Å²) in [5, 5.41) is 0. The summed E-state index contributed by atoms with van der Waals surface area (Å²) in [6.45, 7) is 2.01. The number of anilines is 1. The molecule has 0 atom stereocenters. The number of aromatic nitrogens is 2. The van der Waals surface area contributed by atoms with Crippen molar-refractivity contribution in [2.24, 2.45) is 0 Å². The zero-order chi connectivity index (χ0) is 13.8. The summed E-state index contributed by atoms with van der Waals surface area (Å²) in [6, 6.07) is 7.33. The van der Waals surface area contributed by atoms with E-state index in [0.717, 1.165) is 0 Å². The molecule has 0 bridgehead atoms. The third-order valence-electron chi connectivity index (χ3n) is 2.62. The fourth-order valence-electron chi connectivity index (χ4n) is 1.74. The van der Waals surface area contributed by atoms with Gasteiger partial charge in [-0.2, -0.15) is 0 Å². The topological polar surface area (TPSA) is 79.4 Å². The number of rotatable bonds is 4. The highest BCUT2D eigenvalue weighted by Crippen LogP contribution is 2.25. The molecule has 100 valence electrons. The number of nitrogens with zero attached hydrogens (tertiary/aromatic N) is 2. The molecule has 6 heteroatoms. The van der Waals surface area contributed by atoms with Gasteiger partial charge in [-0.05, 0) is 19.1 Å². The summed E-state index contributed by atoms with van der Waals surface area (Å²) in [4.78, 5) is 15.6. The van der Waals surface area contributed by atoms with Crippen LogP contribution in [0.1, 0.15) is 17.4 Å². The number of imidazole rings is 1. The van der Waals surface area contributed by atoms with Crippen molar-refractivity contribution in [2.45, 2.75) is 6.92 Å². The van der Waals surface area contributed by atoms with Crippen molar-refractivity contribution in [1.82, 2.24) is 9.55 Å². The van der Waals surface area contributed by atoms with Gasteiger partial charge in [0, 0.05) is 0 Å². The molecule has 1 aromatic heterocycles. The second-order valence-corrected chi connectivity index (χ2v) is 3.74. The minimum absolute atomic E-state index is 0.104. The van der Waals surface area contributed by atoms with Crippen LogP contribution in [-0.4, -0.2) is 29.2 Å². The van der Waals surface area contributed by atoms with Crippen molar-refractivity contribution in [3.63, 3.8) is 0 Å². The van der Waals surface area contributed by atoms with Crippen LogP contribution in [0.2, 0.25) is 0 Å². The third-order valence-corrected chi connectivity index (χ3v) is 2.62. The average molecular weight is 261 g/mol. The molecule has 0 amide bonds. The molecule has 0 saturated heterocycles. The number of para-hydroxylation sites is 2. The maximum atomic E-state index is 11.7. The number of methoxy groups -OCH3 is 1. The molecule has 1 heterocycles. The van der Waals surface area contributed by atoms with Crippen LogP contribution in [0.15, 0.2) is 30.6 Å². The summed E-state index contributed by atoms with van der Waals surface area (Å²) in [5.41, 5.74) is 6.75. The molecular formula is C13H15N3O3. The van der Waals surface area contributed by atoms with Crippen molar-refractivity contribution < 1.29 is 14.3 Å². The van der Waals surface area contributed by atoms with E-state index in [1.165, 1.54) is 6.33 Å². The lowest BCUT2D eigenvalue weighted by Crippen LogP contribution is -2.09. The number of carbonyl (C=O) groups excluding carboxylic acids is 1. The van der Waals surface area contributed by atoms with Crippen LogP contribution in [0.4, 0.5) is 5.82 Å². The molecule has 0 aliphatic carbocycles. The van der Waals surface area contributed by atoms with E-state index in [1.54, 1.807) is 24.7 Å². The van der Waals surface area contributed by atoms with Gasteiger partial charge in [-0.25, -0.2) is 9.78 Å². The van der Waals surface area contributed by atoms with Crippen LogP contribution in [-0.2, 0) is 4.74 Å². The number of hydrogen-bond donors (Lipinski definition) is 1. The molecule has 1 aromatic carbocycles. The Balaban J connectivity index is 2.44. The van der Waals surface area contributed by atoms with Crippen molar-refractivity contribution >= 4 is 11.8 Å². The first-order valence-corrected chi connectivity index (χ1v) is 5.82. The maximum Gasteiger partial charge on any atom is 0.360 e. The molecule has 0 aliphatic heterocycles. The monoisotopic (exact) mass is 261 g/mol. The molecule has 2 rings (SSSR count). The minimum Gasteiger partial charge on any atom is -0.495 e. The summed E-state index contributed by atoms with van der Waals surface area (Å²) < 4.78 is 11.7. The molecule has 19 heavy (non-hydrogen) atoms. The van der Waals surface area contributed by atoms with Gasteiger partial charge in [0.2, 0.25) is 0 Å². The molecule has 0 unspecified atom stereocenters. The highest BCUT2D eigenvalue weighted by atomic mass is 16.5. The van der Waals surface area contributed by atoms with E-state index in [2.05, 4.69) is 4.98 Å². The van der Waals surface area contributed by atoms with Gasteiger partial charge in [0.25, 0.3) is 0 Å². The lowest BCUT2D eigenvalue weighted by Gasteiger charge is -2.10. The van der Waals surface area contributed by atoms with Gasteiger partial charge in [0.1, 0.15) is 17.9 Å². The van der Waals surface area contributed by atoms with Crippen molar-refractivity contribution in [3.8, 4) is 11.4 Å². The van der Waals surface area contributed by atoms with E-state index < -0.39 is 5.97 Å². The Bertz CT molecular complexity index is 593. The van der Waals surface area contributed by atoms with Crippen LogP contribution in [0.3, 0.4) is 0 Å². The summed E-state index contributed by atoms with van der Waals surface area (Å²) in [6.07, 6.45) is 1.47. The number of hydrogen-bond acceptors (Lipinski definition) is 5. The van der Waals surface area contributed by atoms with Crippen LogP contribution in [0.5, 0.6) is 5.75 Å². The van der Waals surface area contributed by atoms with Gasteiger partial charge in [-0.3, -0.25) is 4.57 Å². The molecule has 2 aromatic rings. The van der Waals surface area contributed by atoms with E-state index in [-0.39, 0.29) is 18.1 Å². The SMILES string of the molecule is CCOC(=O)c1ncn(-c2ccccc2OC)c1N. The molecule has 0 saturated carbocycles. The number of ether oxygens (including phenoxy) is 2. The molecule has 6 nitrogen and oxygen atoms in total. The fourth-order valence-corrected chi connectivity index (χ4v) is 1.74. The normalized spacial score (nSPS) is 10.2. The third kappa shape index (κ3) is 2.37. The first-order chi connectivity index (χ1) is 9.19. The summed E-state index contributed by atoms with van der Waals surface area (Å²) in [5.74, 6) is 0.332. The highest BCUT2D eigenvalue weighted by Gasteiger charge is 2.18. The Morgan fingerprint density at radius 1 is 1.42 bits per heavy atom. The molecular weight excluding hydrogens is 246 g/mol. The largest absolute Gasteiger partial charge is 0.495 e. The fraction of sp³-hybridized carbons (Fsp3) is 0.231. The summed E-state index contributed by atoms with van der Waals surface area (Å²) >= 11 is 0. The van der Waals surface area contributed by atoms with Crippen LogP contribution >= 0.6 is 0 Å². The Labute approximate surface area is 110 Å². The van der Waals surface area contributed by atoms with Crippen LogP contribution in [0, 0.1) is 0 Å². The van der Waals surface area contributed by atoms with Gasteiger partial charge < -0.3 is 15.2 Å². The second-order valence-electron chi connectivity index (χ2n) is 3.74. The highest BCUT2D eigenvalue weighted by molar-refractivity contribution is 5.92. The Morgan fingerprint density at radius 2 is 2.16 bits per heavy atom. The average Bonchev–Trinajstić information content (AvgIpc) is 2.80. The standard InChI is InChI=1S/C13H15N3O3/c1-3-19-13(17)11-12(14)16(8-15-11)9-6-4-5-7-10(9)18-2/h4-8H,3,14H2,1-2H3. The number of nitrogen functional groups attached to an aromatic ring is 1. The van der Waals surface area contributed by atoms with Crippen LogP contribution < -0.4 is 10.5 Å². The Kier molecular flexibility index (Phi) is 3.70. The molecule has 2 N–H and O–H groups in total. The van der Waals surface area contributed by atoms with E-state index >= 15 is 0 Å². The van der Waals surface area contributed by atoms with Gasteiger partial charge in [0.15, 0.2) is 5.69 Å². The van der Waals surface area contributed by atoms with Gasteiger partial charge >= 0.3 is 5.97 Å². The smallest absolute Gasteiger partial charge is 0.360 e. The molecule has 0 aliphatic rings. The number of carbonyl (C=O) groups is 1. The predicted octanol–water partition coefficient (Wildman–Crippen LogP) is 1.64. The van der Waals surface area contributed by atoms with Crippen molar-refractivity contribution in [2.75, 3.05) is 19.5 Å². The Morgan fingerprint density at radius 3 is 2.84 bits per heavy atom. The lowest BCUT2D eigenvalue weighted by atomic mass is 10.3. The van der Waals surface area contributed by atoms with Crippen molar-refractivity contribution in [1.29, 1.82) is 0 Å². The molecule has 0 fully saturated rings. The lowest BCUT2D eigenvalue weighted by molar-refractivity contribution is 0.0521. The zero-order valence-electron chi connectivity index (χ0n) is 10.8. The van der Waals surface area contributed by atoms with Crippen molar-refractivity contribution in [3.05, 3.63) is 36.3 Å². The second kappa shape index (κ2) is 5.43. The number of nitrogens with two attached hydrogens (primary N) is 1. The quantitative estimate of drug-likeness (QED) is 0.846. The molecule has 0 radical (unpaired) electrons.